The predicted molar refractivity (Wildman–Crippen MR) is 109 cm³/mol. The van der Waals surface area contributed by atoms with Gasteiger partial charge in [0.2, 0.25) is 15.9 Å². The number of hydrogen-bond donors (Lipinski definition) is 1. The van der Waals surface area contributed by atoms with Crippen LogP contribution in [0.1, 0.15) is 35.1 Å². The van der Waals surface area contributed by atoms with Gasteiger partial charge in [-0.05, 0) is 69.3 Å². The van der Waals surface area contributed by atoms with Gasteiger partial charge in [-0.1, -0.05) is 6.07 Å². The van der Waals surface area contributed by atoms with Gasteiger partial charge >= 0.3 is 0 Å². The molecule has 1 atom stereocenters. The third kappa shape index (κ3) is 4.16. The quantitative estimate of drug-likeness (QED) is 0.818. The molecule has 27 heavy (non-hydrogen) atoms. The van der Waals surface area contributed by atoms with Gasteiger partial charge in [-0.3, -0.25) is 4.79 Å². The molecule has 1 aromatic carbocycles. The van der Waals surface area contributed by atoms with Crippen molar-refractivity contribution < 1.29 is 13.2 Å². The van der Waals surface area contributed by atoms with Crippen molar-refractivity contribution >= 4 is 28.3 Å². The van der Waals surface area contributed by atoms with E-state index in [4.69, 9.17) is 0 Å². The molecular formula is C19H30ClN3O3S. The van der Waals surface area contributed by atoms with Crippen LogP contribution in [0.4, 0.5) is 0 Å². The Kier molecular flexibility index (Phi) is 6.95. The van der Waals surface area contributed by atoms with E-state index in [-0.39, 0.29) is 24.4 Å². The number of benzene rings is 1. The zero-order chi connectivity index (χ0) is 19.1. The third-order valence-electron chi connectivity index (χ3n) is 5.80. The van der Waals surface area contributed by atoms with E-state index in [2.05, 4.69) is 5.32 Å². The van der Waals surface area contributed by atoms with Crippen LogP contribution >= 0.6 is 12.4 Å². The van der Waals surface area contributed by atoms with Gasteiger partial charge in [0, 0.05) is 26.2 Å². The lowest BCUT2D eigenvalue weighted by Crippen LogP contribution is -2.54. The van der Waals surface area contributed by atoms with Crippen LogP contribution in [0.15, 0.2) is 11.0 Å². The van der Waals surface area contributed by atoms with Gasteiger partial charge in [0.25, 0.3) is 0 Å². The van der Waals surface area contributed by atoms with Crippen LogP contribution in [0.25, 0.3) is 0 Å². The fourth-order valence-electron chi connectivity index (χ4n) is 3.96. The number of nitrogens with one attached hydrogen (secondary N) is 1. The molecular weight excluding hydrogens is 386 g/mol. The molecule has 0 bridgehead atoms. The van der Waals surface area contributed by atoms with Gasteiger partial charge in [0.1, 0.15) is 0 Å². The number of amides is 1. The van der Waals surface area contributed by atoms with Crippen LogP contribution in [0.3, 0.4) is 0 Å². The first kappa shape index (κ1) is 22.1. The maximum absolute atomic E-state index is 13.3. The summed E-state index contributed by atoms with van der Waals surface area (Å²) in [5.74, 6) is 0.110. The second-order valence-electron chi connectivity index (χ2n) is 7.47. The minimum absolute atomic E-state index is 0. The smallest absolute Gasteiger partial charge is 0.243 e. The first-order valence-corrected chi connectivity index (χ1v) is 10.8. The van der Waals surface area contributed by atoms with E-state index in [1.54, 1.807) is 4.90 Å². The Bertz CT molecular complexity index is 786. The monoisotopic (exact) mass is 415 g/mol. The molecule has 2 heterocycles. The average molecular weight is 416 g/mol. The number of halogens is 1. The minimum Gasteiger partial charge on any atom is -0.339 e. The molecule has 0 aliphatic carbocycles. The van der Waals surface area contributed by atoms with Crippen molar-refractivity contribution in [2.45, 2.75) is 51.5 Å². The Morgan fingerprint density at radius 3 is 2.07 bits per heavy atom. The molecule has 0 saturated carbocycles. The highest BCUT2D eigenvalue weighted by Gasteiger charge is 2.35. The van der Waals surface area contributed by atoms with E-state index < -0.39 is 10.0 Å². The Hall–Kier alpha value is -1.15. The number of hydrogen-bond acceptors (Lipinski definition) is 4. The molecule has 1 unspecified atom stereocenters. The molecule has 2 aliphatic heterocycles. The summed E-state index contributed by atoms with van der Waals surface area (Å²) < 4.78 is 28.1. The summed E-state index contributed by atoms with van der Waals surface area (Å²) in [6.07, 6.45) is 1.90. The molecule has 2 fully saturated rings. The SMILES string of the molecule is Cc1cc(C)c(C)c(S(=O)(=O)N2CCN(C(=O)C3CCCN3)CC2)c1C.Cl. The number of sulfonamides is 1. The van der Waals surface area contributed by atoms with Crippen LogP contribution in [-0.2, 0) is 14.8 Å². The zero-order valence-corrected chi connectivity index (χ0v) is 18.2. The van der Waals surface area contributed by atoms with Gasteiger partial charge in [-0.25, -0.2) is 8.42 Å². The van der Waals surface area contributed by atoms with Crippen LogP contribution in [0.5, 0.6) is 0 Å². The summed E-state index contributed by atoms with van der Waals surface area (Å²) >= 11 is 0. The Morgan fingerprint density at radius 2 is 1.59 bits per heavy atom. The number of rotatable bonds is 3. The summed E-state index contributed by atoms with van der Waals surface area (Å²) in [5, 5.41) is 3.23. The number of nitrogens with zero attached hydrogens (tertiary/aromatic N) is 2. The molecule has 152 valence electrons. The van der Waals surface area contributed by atoms with E-state index in [9.17, 15) is 13.2 Å². The largest absolute Gasteiger partial charge is 0.339 e. The molecule has 1 amide bonds. The highest BCUT2D eigenvalue weighted by molar-refractivity contribution is 7.89. The summed E-state index contributed by atoms with van der Waals surface area (Å²) in [5.41, 5.74) is 3.63. The lowest BCUT2D eigenvalue weighted by molar-refractivity contribution is -0.134. The topological polar surface area (TPSA) is 69.7 Å². The highest BCUT2D eigenvalue weighted by atomic mass is 35.5. The Morgan fingerprint density at radius 1 is 1.04 bits per heavy atom. The molecule has 3 rings (SSSR count). The zero-order valence-electron chi connectivity index (χ0n) is 16.5. The molecule has 1 aromatic rings. The molecule has 0 spiro atoms. The van der Waals surface area contributed by atoms with Gasteiger partial charge in [0.05, 0.1) is 10.9 Å². The summed E-state index contributed by atoms with van der Waals surface area (Å²) in [7, 11) is -3.56. The first-order valence-electron chi connectivity index (χ1n) is 9.33. The van der Waals surface area contributed by atoms with Crippen molar-refractivity contribution in [2.24, 2.45) is 0 Å². The molecule has 0 radical (unpaired) electrons. The molecule has 6 nitrogen and oxygen atoms in total. The normalized spacial score (nSPS) is 21.2. The van der Waals surface area contributed by atoms with Crippen molar-refractivity contribution in [3.8, 4) is 0 Å². The van der Waals surface area contributed by atoms with Gasteiger partial charge in [-0.15, -0.1) is 12.4 Å². The van der Waals surface area contributed by atoms with Gasteiger partial charge < -0.3 is 10.2 Å². The highest BCUT2D eigenvalue weighted by Crippen LogP contribution is 2.29. The van der Waals surface area contributed by atoms with E-state index in [1.165, 1.54) is 4.31 Å². The molecule has 1 N–H and O–H groups in total. The average Bonchev–Trinajstić information content (AvgIpc) is 3.14. The van der Waals surface area contributed by atoms with Gasteiger partial charge in [-0.2, -0.15) is 4.31 Å². The van der Waals surface area contributed by atoms with E-state index in [0.29, 0.717) is 31.1 Å². The lowest BCUT2D eigenvalue weighted by Gasteiger charge is -2.36. The maximum Gasteiger partial charge on any atom is 0.243 e. The Labute approximate surface area is 168 Å². The molecule has 8 heteroatoms. The predicted octanol–water partition coefficient (Wildman–Crippen LogP) is 1.93. The summed E-state index contributed by atoms with van der Waals surface area (Å²) in [4.78, 5) is 14.8. The lowest BCUT2D eigenvalue weighted by atomic mass is 10.0. The maximum atomic E-state index is 13.3. The van der Waals surface area contributed by atoms with Crippen LogP contribution < -0.4 is 5.32 Å². The number of carbonyl (C=O) groups excluding carboxylic acids is 1. The molecule has 2 aliphatic rings. The van der Waals surface area contributed by atoms with Gasteiger partial charge in [0.15, 0.2) is 0 Å². The fourth-order valence-corrected chi connectivity index (χ4v) is 5.96. The van der Waals surface area contributed by atoms with Crippen molar-refractivity contribution in [3.05, 3.63) is 28.3 Å². The first-order chi connectivity index (χ1) is 12.2. The number of carbonyl (C=O) groups is 1. The molecule has 2 saturated heterocycles. The van der Waals surface area contributed by atoms with Crippen molar-refractivity contribution in [1.82, 2.24) is 14.5 Å². The summed E-state index contributed by atoms with van der Waals surface area (Å²) in [6, 6.07) is 1.94. The molecule has 0 aromatic heterocycles. The number of piperazine rings is 1. The van der Waals surface area contributed by atoms with E-state index in [0.717, 1.165) is 41.6 Å². The van der Waals surface area contributed by atoms with Crippen LogP contribution in [-0.4, -0.2) is 62.3 Å². The van der Waals surface area contributed by atoms with Crippen LogP contribution in [0.2, 0.25) is 0 Å². The summed E-state index contributed by atoms with van der Waals surface area (Å²) in [6.45, 7) is 10.2. The van der Waals surface area contributed by atoms with Crippen molar-refractivity contribution in [3.63, 3.8) is 0 Å². The van der Waals surface area contributed by atoms with E-state index in [1.807, 2.05) is 33.8 Å². The van der Waals surface area contributed by atoms with E-state index >= 15 is 0 Å². The van der Waals surface area contributed by atoms with Crippen molar-refractivity contribution in [1.29, 1.82) is 0 Å². The second kappa shape index (κ2) is 8.47. The Balaban J connectivity index is 0.00000261. The third-order valence-corrected chi connectivity index (χ3v) is 7.98. The van der Waals surface area contributed by atoms with Crippen molar-refractivity contribution in [2.75, 3.05) is 32.7 Å². The second-order valence-corrected chi connectivity index (χ2v) is 9.34. The minimum atomic E-state index is -3.56. The standard InChI is InChI=1S/C19H29N3O3S.ClH/c1-13-12-14(2)16(4)18(15(13)3)26(24,25)22-10-8-21(9-11-22)19(23)17-6-5-7-20-17;/h12,17,20H,5-11H2,1-4H3;1H. The number of aryl methyl sites for hydroxylation is 2. The fraction of sp³-hybridized carbons (Fsp3) is 0.632. The van der Waals surface area contributed by atoms with Crippen LogP contribution in [0, 0.1) is 27.7 Å².